The van der Waals surface area contributed by atoms with Gasteiger partial charge in [0, 0.05) is 18.7 Å². The van der Waals surface area contributed by atoms with Gasteiger partial charge in [0.25, 0.3) is 0 Å². The summed E-state index contributed by atoms with van der Waals surface area (Å²) in [5.41, 5.74) is 7.30. The Morgan fingerprint density at radius 3 is 2.44 bits per heavy atom. The average Bonchev–Trinajstić information content (AvgIpc) is 3.25. The van der Waals surface area contributed by atoms with E-state index in [0.29, 0.717) is 19.5 Å². The zero-order valence-electron chi connectivity index (χ0n) is 18.8. The third-order valence-electron chi connectivity index (χ3n) is 5.67. The number of rotatable bonds is 6. The SMILES string of the molecule is Cc1ccc(C2=NO[C@H](CN(Cc3ccccc3)C(=O)Nc3ccc(C)cc3C)C2)cc1. The number of nitrogens with one attached hydrogen (secondary N) is 1. The van der Waals surface area contributed by atoms with Crippen LogP contribution in [0.1, 0.15) is 34.2 Å². The topological polar surface area (TPSA) is 53.9 Å². The average molecular weight is 428 g/mol. The normalized spacial score (nSPS) is 15.1. The van der Waals surface area contributed by atoms with Gasteiger partial charge in [0.15, 0.2) is 6.10 Å². The van der Waals surface area contributed by atoms with E-state index >= 15 is 0 Å². The molecule has 3 aromatic rings. The van der Waals surface area contributed by atoms with Crippen LogP contribution in [0.5, 0.6) is 0 Å². The molecule has 0 bridgehead atoms. The van der Waals surface area contributed by atoms with Crippen LogP contribution in [-0.4, -0.2) is 29.3 Å². The molecule has 0 saturated heterocycles. The number of hydrogen-bond acceptors (Lipinski definition) is 3. The maximum Gasteiger partial charge on any atom is 0.322 e. The van der Waals surface area contributed by atoms with E-state index in [1.807, 2.05) is 56.3 Å². The third-order valence-corrected chi connectivity index (χ3v) is 5.67. The van der Waals surface area contributed by atoms with E-state index in [-0.39, 0.29) is 12.1 Å². The number of oxime groups is 1. The van der Waals surface area contributed by atoms with Gasteiger partial charge in [0.1, 0.15) is 0 Å². The fourth-order valence-electron chi connectivity index (χ4n) is 3.86. The van der Waals surface area contributed by atoms with E-state index in [9.17, 15) is 4.79 Å². The van der Waals surface area contributed by atoms with Crippen molar-refractivity contribution in [3.63, 3.8) is 0 Å². The van der Waals surface area contributed by atoms with E-state index in [1.54, 1.807) is 4.90 Å². The minimum atomic E-state index is -0.181. The van der Waals surface area contributed by atoms with Crippen LogP contribution in [0.3, 0.4) is 0 Å². The summed E-state index contributed by atoms with van der Waals surface area (Å²) in [4.78, 5) is 20.8. The van der Waals surface area contributed by atoms with Crippen molar-refractivity contribution in [3.05, 3.63) is 101 Å². The number of benzene rings is 3. The molecule has 1 N–H and O–H groups in total. The molecule has 0 unspecified atom stereocenters. The van der Waals surface area contributed by atoms with Crippen molar-refractivity contribution in [3.8, 4) is 0 Å². The molecule has 3 aromatic carbocycles. The molecule has 0 fully saturated rings. The molecule has 1 aliphatic heterocycles. The predicted octanol–water partition coefficient (Wildman–Crippen LogP) is 5.84. The van der Waals surface area contributed by atoms with Crippen molar-refractivity contribution in [2.75, 3.05) is 11.9 Å². The van der Waals surface area contributed by atoms with Gasteiger partial charge < -0.3 is 15.1 Å². The highest BCUT2D eigenvalue weighted by molar-refractivity contribution is 6.01. The molecule has 32 heavy (non-hydrogen) atoms. The lowest BCUT2D eigenvalue weighted by molar-refractivity contribution is 0.0608. The summed E-state index contributed by atoms with van der Waals surface area (Å²) < 4.78 is 0. The van der Waals surface area contributed by atoms with Gasteiger partial charge >= 0.3 is 6.03 Å². The lowest BCUT2D eigenvalue weighted by Gasteiger charge is -2.25. The Hall–Kier alpha value is -3.60. The van der Waals surface area contributed by atoms with Crippen LogP contribution in [0.2, 0.25) is 0 Å². The van der Waals surface area contributed by atoms with Gasteiger partial charge in [-0.2, -0.15) is 0 Å². The maximum atomic E-state index is 13.3. The highest BCUT2D eigenvalue weighted by Gasteiger charge is 2.27. The zero-order valence-corrected chi connectivity index (χ0v) is 18.8. The summed E-state index contributed by atoms with van der Waals surface area (Å²) >= 11 is 0. The molecule has 0 aliphatic carbocycles. The monoisotopic (exact) mass is 427 g/mol. The molecule has 0 aromatic heterocycles. The Bertz CT molecular complexity index is 1110. The predicted molar refractivity (Wildman–Crippen MR) is 129 cm³/mol. The fraction of sp³-hybridized carbons (Fsp3) is 0.259. The molecule has 0 spiro atoms. The van der Waals surface area contributed by atoms with E-state index in [0.717, 1.165) is 28.1 Å². The van der Waals surface area contributed by atoms with Crippen LogP contribution in [0.15, 0.2) is 78.0 Å². The quantitative estimate of drug-likeness (QED) is 0.537. The first kappa shape index (κ1) is 21.6. The molecule has 1 heterocycles. The summed E-state index contributed by atoms with van der Waals surface area (Å²) in [6.07, 6.45) is 0.491. The lowest BCUT2D eigenvalue weighted by atomic mass is 10.0. The minimum Gasteiger partial charge on any atom is -0.390 e. The highest BCUT2D eigenvalue weighted by atomic mass is 16.6. The van der Waals surface area contributed by atoms with Gasteiger partial charge in [-0.15, -0.1) is 0 Å². The van der Waals surface area contributed by atoms with Crippen molar-refractivity contribution < 1.29 is 9.63 Å². The third kappa shape index (κ3) is 5.35. The first-order valence-corrected chi connectivity index (χ1v) is 10.9. The second kappa shape index (κ2) is 9.69. The van der Waals surface area contributed by atoms with E-state index in [1.165, 1.54) is 11.1 Å². The molecule has 0 saturated carbocycles. The molecular formula is C27H29N3O2. The van der Waals surface area contributed by atoms with Crippen molar-refractivity contribution in [2.45, 2.75) is 39.8 Å². The van der Waals surface area contributed by atoms with Gasteiger partial charge in [0.05, 0.1) is 12.3 Å². The standard InChI is InChI=1S/C27H29N3O2/c1-19-9-12-23(13-10-19)26-16-24(32-29-26)18-30(17-22-7-5-4-6-8-22)27(31)28-25-14-11-20(2)15-21(25)3/h4-15,24H,16-18H2,1-3H3,(H,28,31)/t24-/m0/s1. The minimum absolute atomic E-state index is 0.145. The van der Waals surface area contributed by atoms with Crippen molar-refractivity contribution in [1.82, 2.24) is 4.90 Å². The summed E-state index contributed by atoms with van der Waals surface area (Å²) in [6.45, 7) is 7.06. The number of urea groups is 1. The summed E-state index contributed by atoms with van der Waals surface area (Å²) in [5.74, 6) is 0. The van der Waals surface area contributed by atoms with Crippen molar-refractivity contribution in [1.29, 1.82) is 0 Å². The van der Waals surface area contributed by atoms with Crippen LogP contribution in [0.25, 0.3) is 0 Å². The fourth-order valence-corrected chi connectivity index (χ4v) is 3.86. The van der Waals surface area contributed by atoms with Crippen LogP contribution >= 0.6 is 0 Å². The van der Waals surface area contributed by atoms with Crippen LogP contribution < -0.4 is 5.32 Å². The Labute approximate surface area is 189 Å². The lowest BCUT2D eigenvalue weighted by Crippen LogP contribution is -2.40. The van der Waals surface area contributed by atoms with Gasteiger partial charge in [-0.3, -0.25) is 0 Å². The summed E-state index contributed by atoms with van der Waals surface area (Å²) in [7, 11) is 0. The Kier molecular flexibility index (Phi) is 6.55. The van der Waals surface area contributed by atoms with Gasteiger partial charge in [-0.05, 0) is 43.5 Å². The zero-order chi connectivity index (χ0) is 22.5. The number of nitrogens with zero attached hydrogens (tertiary/aromatic N) is 2. The molecule has 2 amide bonds. The highest BCUT2D eigenvalue weighted by Crippen LogP contribution is 2.21. The first-order valence-electron chi connectivity index (χ1n) is 10.9. The Balaban J connectivity index is 1.47. The van der Waals surface area contributed by atoms with Crippen molar-refractivity contribution in [2.24, 2.45) is 5.16 Å². The van der Waals surface area contributed by atoms with Crippen LogP contribution in [0, 0.1) is 20.8 Å². The van der Waals surface area contributed by atoms with Crippen LogP contribution in [-0.2, 0) is 11.4 Å². The number of hydrogen-bond donors (Lipinski definition) is 1. The second-order valence-corrected chi connectivity index (χ2v) is 8.45. The molecule has 5 heteroatoms. The van der Waals surface area contributed by atoms with Gasteiger partial charge in [-0.1, -0.05) is 83.0 Å². The molecule has 1 aliphatic rings. The molecular weight excluding hydrogens is 398 g/mol. The number of anilines is 1. The van der Waals surface area contributed by atoms with E-state index in [2.05, 4.69) is 47.7 Å². The summed E-state index contributed by atoms with van der Waals surface area (Å²) in [6, 6.07) is 24.2. The van der Waals surface area contributed by atoms with Gasteiger partial charge in [-0.25, -0.2) is 4.79 Å². The van der Waals surface area contributed by atoms with E-state index in [4.69, 9.17) is 4.84 Å². The number of carbonyl (C=O) groups excluding carboxylic acids is 1. The molecule has 1 atom stereocenters. The van der Waals surface area contributed by atoms with Gasteiger partial charge in [0.2, 0.25) is 0 Å². The molecule has 0 radical (unpaired) electrons. The van der Waals surface area contributed by atoms with E-state index < -0.39 is 0 Å². The molecule has 5 nitrogen and oxygen atoms in total. The second-order valence-electron chi connectivity index (χ2n) is 8.45. The number of carbonyl (C=O) groups is 1. The number of aryl methyl sites for hydroxylation is 3. The molecule has 164 valence electrons. The van der Waals surface area contributed by atoms with Crippen LogP contribution in [0.4, 0.5) is 10.5 Å². The van der Waals surface area contributed by atoms with Crippen molar-refractivity contribution >= 4 is 17.4 Å². The molecule has 4 rings (SSSR count). The largest absolute Gasteiger partial charge is 0.390 e. The first-order chi connectivity index (χ1) is 15.5. The number of amides is 2. The maximum absolute atomic E-state index is 13.3. The Morgan fingerprint density at radius 1 is 1.00 bits per heavy atom. The smallest absolute Gasteiger partial charge is 0.322 e. The summed E-state index contributed by atoms with van der Waals surface area (Å²) in [5, 5.41) is 7.38. The Morgan fingerprint density at radius 2 is 1.72 bits per heavy atom.